The Kier molecular flexibility index (Phi) is 8.12. The molecule has 1 N–H and O–H groups in total. The van der Waals surface area contributed by atoms with E-state index in [0.717, 1.165) is 19.3 Å². The van der Waals surface area contributed by atoms with Gasteiger partial charge in [0.25, 0.3) is 0 Å². The number of allylic oxidation sites excluding steroid dienone is 1. The molecular formula is C22H36O5. The summed E-state index contributed by atoms with van der Waals surface area (Å²) in [6, 6.07) is 0. The van der Waals surface area contributed by atoms with Crippen LogP contribution in [0, 0.1) is 16.7 Å². The number of unbranched alkanes of at least 4 members (excludes halogenated alkanes) is 1. The molecule has 0 aromatic rings. The van der Waals surface area contributed by atoms with E-state index in [9.17, 15) is 9.59 Å². The second-order valence-corrected chi connectivity index (χ2v) is 8.45. The molecular weight excluding hydrogens is 344 g/mol. The molecule has 2 aliphatic rings. The number of aliphatic hydroxyl groups excluding tert-OH is 1. The van der Waals surface area contributed by atoms with Gasteiger partial charge in [0.2, 0.25) is 0 Å². The summed E-state index contributed by atoms with van der Waals surface area (Å²) in [6.45, 7) is 16.2. The van der Waals surface area contributed by atoms with Crippen LogP contribution in [0.2, 0.25) is 0 Å². The number of ether oxygens (including phenoxy) is 2. The fraction of sp³-hybridized carbons (Fsp3) is 0.727. The fourth-order valence-corrected chi connectivity index (χ4v) is 4.04. The van der Waals surface area contributed by atoms with E-state index in [4.69, 9.17) is 9.84 Å². The van der Waals surface area contributed by atoms with E-state index in [1.807, 2.05) is 6.92 Å². The van der Waals surface area contributed by atoms with Crippen LogP contribution in [0.25, 0.3) is 0 Å². The number of rotatable bonds is 6. The van der Waals surface area contributed by atoms with Crippen molar-refractivity contribution in [2.75, 3.05) is 6.61 Å². The van der Waals surface area contributed by atoms with Crippen molar-refractivity contribution in [3.63, 3.8) is 0 Å². The molecule has 2 fully saturated rings. The van der Waals surface area contributed by atoms with Crippen molar-refractivity contribution in [3.8, 4) is 0 Å². The Bertz CT molecular complexity index is 590. The summed E-state index contributed by atoms with van der Waals surface area (Å²) in [4.78, 5) is 22.3. The highest BCUT2D eigenvalue weighted by Crippen LogP contribution is 2.66. The highest BCUT2D eigenvalue weighted by molar-refractivity contribution is 5.87. The monoisotopic (exact) mass is 380 g/mol. The molecule has 3 atom stereocenters. The lowest BCUT2D eigenvalue weighted by atomic mass is 9.70. The maximum absolute atomic E-state index is 11.6. The molecule has 0 aliphatic heterocycles. The molecule has 0 aromatic heterocycles. The molecule has 2 aliphatic carbocycles. The molecule has 2 saturated carbocycles. The van der Waals surface area contributed by atoms with Gasteiger partial charge in [-0.15, -0.1) is 0 Å². The van der Waals surface area contributed by atoms with Gasteiger partial charge in [0, 0.05) is 11.0 Å². The van der Waals surface area contributed by atoms with E-state index < -0.39 is 5.97 Å². The average molecular weight is 381 g/mol. The summed E-state index contributed by atoms with van der Waals surface area (Å²) in [5.41, 5.74) is 0.958. The Morgan fingerprint density at radius 2 is 1.89 bits per heavy atom. The number of hydrogen-bond acceptors (Lipinski definition) is 5. The summed E-state index contributed by atoms with van der Waals surface area (Å²) >= 11 is 0. The van der Waals surface area contributed by atoms with Crippen molar-refractivity contribution in [2.24, 2.45) is 16.7 Å². The minimum absolute atomic E-state index is 0.0884. The van der Waals surface area contributed by atoms with E-state index in [0.29, 0.717) is 23.5 Å². The predicted octanol–water partition coefficient (Wildman–Crippen LogP) is 5.11. The van der Waals surface area contributed by atoms with Crippen molar-refractivity contribution in [3.05, 3.63) is 24.0 Å². The van der Waals surface area contributed by atoms with Gasteiger partial charge in [-0.05, 0) is 56.9 Å². The summed E-state index contributed by atoms with van der Waals surface area (Å²) < 4.78 is 10.3. The van der Waals surface area contributed by atoms with Gasteiger partial charge in [0.05, 0.1) is 6.61 Å². The first-order valence-corrected chi connectivity index (χ1v) is 9.90. The molecule has 154 valence electrons. The van der Waals surface area contributed by atoms with Crippen LogP contribution in [0.15, 0.2) is 24.0 Å². The molecule has 0 radical (unpaired) electrons. The molecule has 0 heterocycles. The minimum atomic E-state index is -0.638. The Morgan fingerprint density at radius 1 is 1.26 bits per heavy atom. The van der Waals surface area contributed by atoms with Crippen LogP contribution in [0.1, 0.15) is 73.6 Å². The van der Waals surface area contributed by atoms with Crippen LogP contribution >= 0.6 is 0 Å². The zero-order valence-electron chi connectivity index (χ0n) is 17.8. The third kappa shape index (κ3) is 5.14. The quantitative estimate of drug-likeness (QED) is 0.300. The van der Waals surface area contributed by atoms with Gasteiger partial charge in [0.1, 0.15) is 6.10 Å². The Labute approximate surface area is 163 Å². The molecule has 0 saturated heterocycles. The number of fused-ring (bicyclic) bond motifs is 2. The maximum atomic E-state index is 11.6. The van der Waals surface area contributed by atoms with Crippen molar-refractivity contribution in [2.45, 2.75) is 79.8 Å². The lowest BCUT2D eigenvalue weighted by molar-refractivity contribution is -0.152. The molecule has 0 amide bonds. The van der Waals surface area contributed by atoms with Gasteiger partial charge in [-0.25, -0.2) is 9.59 Å². The number of esters is 2. The van der Waals surface area contributed by atoms with E-state index in [1.54, 1.807) is 13.8 Å². The van der Waals surface area contributed by atoms with Crippen LogP contribution in [0.3, 0.4) is 0 Å². The van der Waals surface area contributed by atoms with Gasteiger partial charge in [-0.3, -0.25) is 0 Å². The van der Waals surface area contributed by atoms with Crippen LogP contribution in [0.4, 0.5) is 0 Å². The first-order chi connectivity index (χ1) is 12.5. The van der Waals surface area contributed by atoms with E-state index in [2.05, 4.69) is 32.1 Å². The molecule has 2 bridgehead atoms. The zero-order valence-corrected chi connectivity index (χ0v) is 17.8. The first kappa shape index (κ1) is 23.3. The predicted molar refractivity (Wildman–Crippen MR) is 106 cm³/mol. The summed E-state index contributed by atoms with van der Waals surface area (Å²) in [5, 5.41) is 8.81. The third-order valence-electron chi connectivity index (χ3n) is 6.53. The number of carbonyl (C=O) groups excluding carboxylic acids is 2. The normalized spacial score (nSPS) is 28.1. The molecule has 1 unspecified atom stereocenters. The first-order valence-electron chi connectivity index (χ1n) is 9.90. The molecule has 0 aromatic carbocycles. The number of aliphatic hydroxyl groups is 1. The molecule has 5 heteroatoms. The number of carbonyl (C=O) groups is 2. The van der Waals surface area contributed by atoms with E-state index >= 15 is 0 Å². The highest BCUT2D eigenvalue weighted by atomic mass is 16.5. The highest BCUT2D eigenvalue weighted by Gasteiger charge is 2.62. The van der Waals surface area contributed by atoms with Crippen LogP contribution in [-0.4, -0.2) is 29.8 Å². The van der Waals surface area contributed by atoms with Gasteiger partial charge < -0.3 is 14.6 Å². The lowest BCUT2D eigenvalue weighted by Crippen LogP contribution is -2.38. The average Bonchev–Trinajstić information content (AvgIpc) is 2.95. The Balaban J connectivity index is 0.000000293. The van der Waals surface area contributed by atoms with Crippen LogP contribution in [-0.2, 0) is 19.1 Å². The lowest BCUT2D eigenvalue weighted by Gasteiger charge is -2.38. The fourth-order valence-electron chi connectivity index (χ4n) is 4.04. The topological polar surface area (TPSA) is 72.8 Å². The molecule has 27 heavy (non-hydrogen) atoms. The Morgan fingerprint density at radius 3 is 2.30 bits per heavy atom. The van der Waals surface area contributed by atoms with Gasteiger partial charge in [0.15, 0.2) is 5.76 Å². The second kappa shape index (κ2) is 9.43. The summed E-state index contributed by atoms with van der Waals surface area (Å²) in [7, 11) is 0. The summed E-state index contributed by atoms with van der Waals surface area (Å²) in [5.74, 6) is -0.475. The van der Waals surface area contributed by atoms with Crippen molar-refractivity contribution in [1.82, 2.24) is 0 Å². The third-order valence-corrected chi connectivity index (χ3v) is 6.53. The van der Waals surface area contributed by atoms with E-state index in [1.165, 1.54) is 18.9 Å². The van der Waals surface area contributed by atoms with Crippen LogP contribution in [0.5, 0.6) is 0 Å². The van der Waals surface area contributed by atoms with Gasteiger partial charge >= 0.3 is 11.9 Å². The minimum Gasteiger partial charge on any atom is -0.502 e. The summed E-state index contributed by atoms with van der Waals surface area (Å²) in [6.07, 6.45) is 6.71. The Hall–Kier alpha value is -1.78. The molecule has 2 rings (SSSR count). The number of hydrogen-bond donors (Lipinski definition) is 1. The molecule has 0 spiro atoms. The molecule has 5 nitrogen and oxygen atoms in total. The standard InChI is InChI=1S/C14H22O2.C8H14O3/c1-9(2)12(15)16-11-8-10-6-7-14(11,5)13(10,3)4;1-3-5-6-11-8(10)7(9)4-2/h10-11H,1,6-8H2,2-5H3;4,9H,3,5-6H2,1-2H3/t10-,11?,14-;/m1./s1. The maximum Gasteiger partial charge on any atom is 0.373 e. The largest absolute Gasteiger partial charge is 0.502 e. The SMILES string of the molecule is C=C(C)C(=O)OC1C[C@H]2CC[C@@]1(C)C2(C)C.CC=C(O)C(=O)OCCCC. The smallest absolute Gasteiger partial charge is 0.373 e. The van der Waals surface area contributed by atoms with Gasteiger partial charge in [-0.1, -0.05) is 40.7 Å². The van der Waals surface area contributed by atoms with E-state index in [-0.39, 0.29) is 23.2 Å². The van der Waals surface area contributed by atoms with Crippen LogP contribution < -0.4 is 0 Å². The van der Waals surface area contributed by atoms with Gasteiger partial charge in [-0.2, -0.15) is 0 Å². The van der Waals surface area contributed by atoms with Crippen molar-refractivity contribution in [1.29, 1.82) is 0 Å². The van der Waals surface area contributed by atoms with Crippen molar-refractivity contribution >= 4 is 11.9 Å². The zero-order chi connectivity index (χ0) is 20.8. The second-order valence-electron chi connectivity index (χ2n) is 8.45. The van der Waals surface area contributed by atoms with Crippen molar-refractivity contribution < 1.29 is 24.2 Å².